The fourth-order valence-electron chi connectivity index (χ4n) is 6.12. The highest BCUT2D eigenvalue weighted by Gasteiger charge is 2.46. The predicted octanol–water partition coefficient (Wildman–Crippen LogP) is 6.41. The fraction of sp³-hybridized carbons (Fsp3) is 1.00. The lowest BCUT2D eigenvalue weighted by atomic mass is 9.65. The summed E-state index contributed by atoms with van der Waals surface area (Å²) in [6.45, 7) is 12.2. The molecule has 1 nitrogen and oxygen atoms in total. The van der Waals surface area contributed by atoms with Crippen molar-refractivity contribution >= 4 is 0 Å². The minimum atomic E-state index is 0.361. The molecular formula is C22H43N. The maximum Gasteiger partial charge on any atom is 0.00106 e. The quantitative estimate of drug-likeness (QED) is 0.549. The maximum atomic E-state index is 6.09. The largest absolute Gasteiger partial charge is 0.328 e. The lowest BCUT2D eigenvalue weighted by Crippen LogP contribution is -2.33. The third-order valence-electron chi connectivity index (χ3n) is 7.72. The van der Waals surface area contributed by atoms with E-state index in [1.54, 1.807) is 0 Å². The molecule has 0 saturated heterocycles. The van der Waals surface area contributed by atoms with Gasteiger partial charge in [0, 0.05) is 6.04 Å². The van der Waals surface area contributed by atoms with Gasteiger partial charge in [0.1, 0.15) is 0 Å². The van der Waals surface area contributed by atoms with Gasteiger partial charge in [0.25, 0.3) is 0 Å². The van der Waals surface area contributed by atoms with Gasteiger partial charge in [0.05, 0.1) is 0 Å². The Morgan fingerprint density at radius 2 is 1.78 bits per heavy atom. The topological polar surface area (TPSA) is 26.0 Å². The van der Waals surface area contributed by atoms with Gasteiger partial charge in [-0.05, 0) is 74.0 Å². The van der Waals surface area contributed by atoms with Crippen LogP contribution in [-0.2, 0) is 0 Å². The van der Waals surface area contributed by atoms with Crippen molar-refractivity contribution in [2.45, 2.75) is 105 Å². The monoisotopic (exact) mass is 321 g/mol. The maximum absolute atomic E-state index is 6.09. The molecule has 0 radical (unpaired) electrons. The first kappa shape index (κ1) is 19.3. The highest BCUT2D eigenvalue weighted by molar-refractivity contribution is 4.96. The molecule has 6 atom stereocenters. The van der Waals surface area contributed by atoms with Gasteiger partial charge in [-0.25, -0.2) is 0 Å². The lowest BCUT2D eigenvalue weighted by Gasteiger charge is -2.40. The van der Waals surface area contributed by atoms with Crippen LogP contribution in [0.4, 0.5) is 0 Å². The summed E-state index contributed by atoms with van der Waals surface area (Å²) in [5.74, 6) is 4.72. The van der Waals surface area contributed by atoms with Gasteiger partial charge in [-0.3, -0.25) is 0 Å². The second-order valence-electron chi connectivity index (χ2n) is 9.75. The van der Waals surface area contributed by atoms with Gasteiger partial charge in [-0.15, -0.1) is 0 Å². The van der Waals surface area contributed by atoms with E-state index in [0.29, 0.717) is 11.5 Å². The Hall–Kier alpha value is -0.0400. The molecule has 2 N–H and O–H groups in total. The predicted molar refractivity (Wildman–Crippen MR) is 102 cm³/mol. The minimum absolute atomic E-state index is 0.361. The Bertz CT molecular complexity index is 348. The Morgan fingerprint density at radius 1 is 1.04 bits per heavy atom. The molecule has 136 valence electrons. The summed E-state index contributed by atoms with van der Waals surface area (Å²) < 4.78 is 0. The third-order valence-corrected chi connectivity index (χ3v) is 7.72. The number of hydrogen-bond acceptors (Lipinski definition) is 1. The molecule has 0 spiro atoms. The lowest BCUT2D eigenvalue weighted by molar-refractivity contribution is 0.0952. The van der Waals surface area contributed by atoms with Crippen molar-refractivity contribution in [3.05, 3.63) is 0 Å². The molecule has 0 amide bonds. The zero-order valence-corrected chi connectivity index (χ0v) is 16.6. The zero-order chi connectivity index (χ0) is 17.0. The van der Waals surface area contributed by atoms with Crippen molar-refractivity contribution in [1.82, 2.24) is 0 Å². The van der Waals surface area contributed by atoms with Crippen molar-refractivity contribution in [3.8, 4) is 0 Å². The van der Waals surface area contributed by atoms with Crippen molar-refractivity contribution < 1.29 is 0 Å². The first-order chi connectivity index (χ1) is 10.8. The van der Waals surface area contributed by atoms with Gasteiger partial charge in [-0.1, -0.05) is 59.8 Å². The summed E-state index contributed by atoms with van der Waals surface area (Å²) in [5.41, 5.74) is 6.64. The summed E-state index contributed by atoms with van der Waals surface area (Å²) in [5, 5.41) is 0. The van der Waals surface area contributed by atoms with Crippen LogP contribution in [0.15, 0.2) is 0 Å². The number of rotatable bonds is 8. The van der Waals surface area contributed by atoms with Crippen LogP contribution in [-0.4, -0.2) is 6.04 Å². The molecule has 0 bridgehead atoms. The van der Waals surface area contributed by atoms with E-state index in [2.05, 4.69) is 34.6 Å². The van der Waals surface area contributed by atoms with Gasteiger partial charge in [-0.2, -0.15) is 0 Å². The number of hydrogen-bond donors (Lipinski definition) is 1. The average Bonchev–Trinajstić information content (AvgIpc) is 3.02. The smallest absolute Gasteiger partial charge is 0.00106 e. The van der Waals surface area contributed by atoms with Gasteiger partial charge >= 0.3 is 0 Å². The summed E-state index contributed by atoms with van der Waals surface area (Å²) in [4.78, 5) is 0. The molecule has 2 aliphatic rings. The van der Waals surface area contributed by atoms with Crippen LogP contribution in [0.2, 0.25) is 0 Å². The molecular weight excluding hydrogens is 278 g/mol. The Balaban J connectivity index is 1.90. The average molecular weight is 322 g/mol. The third kappa shape index (κ3) is 4.74. The molecule has 23 heavy (non-hydrogen) atoms. The Labute approximate surface area is 146 Å². The van der Waals surface area contributed by atoms with Crippen LogP contribution in [0.25, 0.3) is 0 Å². The summed E-state index contributed by atoms with van der Waals surface area (Å²) in [7, 11) is 0. The van der Waals surface area contributed by atoms with Crippen LogP contribution in [0.3, 0.4) is 0 Å². The van der Waals surface area contributed by atoms with E-state index >= 15 is 0 Å². The Kier molecular flexibility index (Phi) is 7.01. The molecule has 2 rings (SSSR count). The molecule has 2 aliphatic carbocycles. The van der Waals surface area contributed by atoms with E-state index in [0.717, 1.165) is 29.6 Å². The molecule has 2 saturated carbocycles. The van der Waals surface area contributed by atoms with E-state index in [1.807, 2.05) is 0 Å². The van der Waals surface area contributed by atoms with Gasteiger partial charge in [0.15, 0.2) is 0 Å². The first-order valence-electron chi connectivity index (χ1n) is 10.6. The van der Waals surface area contributed by atoms with Crippen molar-refractivity contribution in [3.63, 3.8) is 0 Å². The highest BCUT2D eigenvalue weighted by atomic mass is 14.6. The van der Waals surface area contributed by atoms with E-state index in [9.17, 15) is 0 Å². The molecule has 0 aromatic heterocycles. The molecule has 0 heterocycles. The van der Waals surface area contributed by atoms with Gasteiger partial charge in [0.2, 0.25) is 0 Å². The van der Waals surface area contributed by atoms with E-state index < -0.39 is 0 Å². The minimum Gasteiger partial charge on any atom is -0.328 e. The van der Waals surface area contributed by atoms with E-state index in [1.165, 1.54) is 64.2 Å². The van der Waals surface area contributed by atoms with Crippen molar-refractivity contribution in [1.29, 1.82) is 0 Å². The summed E-state index contributed by atoms with van der Waals surface area (Å²) in [6, 6.07) is 0.361. The summed E-state index contributed by atoms with van der Waals surface area (Å²) >= 11 is 0. The van der Waals surface area contributed by atoms with E-state index in [-0.39, 0.29) is 0 Å². The summed E-state index contributed by atoms with van der Waals surface area (Å²) in [6.07, 6.45) is 14.4. The molecule has 2 fully saturated rings. The molecule has 1 heteroatoms. The van der Waals surface area contributed by atoms with Crippen LogP contribution in [0.5, 0.6) is 0 Å². The van der Waals surface area contributed by atoms with E-state index in [4.69, 9.17) is 5.73 Å². The van der Waals surface area contributed by atoms with Crippen molar-refractivity contribution in [2.24, 2.45) is 40.7 Å². The van der Waals surface area contributed by atoms with Crippen LogP contribution in [0.1, 0.15) is 98.8 Å². The van der Waals surface area contributed by atoms with Crippen LogP contribution < -0.4 is 5.73 Å². The van der Waals surface area contributed by atoms with Crippen LogP contribution in [0, 0.1) is 35.0 Å². The second kappa shape index (κ2) is 8.37. The second-order valence-corrected chi connectivity index (χ2v) is 9.75. The number of nitrogens with two attached hydrogens (primary N) is 1. The Morgan fingerprint density at radius 3 is 2.35 bits per heavy atom. The van der Waals surface area contributed by atoms with Gasteiger partial charge < -0.3 is 5.73 Å². The first-order valence-corrected chi connectivity index (χ1v) is 10.6. The van der Waals surface area contributed by atoms with Crippen molar-refractivity contribution in [2.75, 3.05) is 0 Å². The standard InChI is InChI=1S/C22H43N/c1-16(2)21-13-12-20(22(21,5)15-14-18(4)23)11-7-10-19-9-6-8-17(19)3/h16-21H,6-15,23H2,1-5H3/t17?,18-,19?,20?,21?,22?/m1/s1. The normalized spacial score (nSPS) is 39.3. The zero-order valence-electron chi connectivity index (χ0n) is 16.6. The molecule has 5 unspecified atom stereocenters. The van der Waals surface area contributed by atoms with Crippen LogP contribution >= 0.6 is 0 Å². The fourth-order valence-corrected chi connectivity index (χ4v) is 6.12. The molecule has 0 aromatic rings. The molecule has 0 aromatic carbocycles. The molecule has 0 aliphatic heterocycles. The highest BCUT2D eigenvalue weighted by Crippen LogP contribution is 2.55. The SMILES string of the molecule is CC(C)C1CCC(CCCC2CCCC2C)C1(C)CC[C@@H](C)N.